The average molecular weight is 781 g/mol. The van der Waals surface area contributed by atoms with Crippen molar-refractivity contribution in [1.82, 2.24) is 9.13 Å². The highest BCUT2D eigenvalue weighted by molar-refractivity contribution is 7.01. The van der Waals surface area contributed by atoms with Gasteiger partial charge in [0.15, 0.2) is 0 Å². The third-order valence-electron chi connectivity index (χ3n) is 14.0. The van der Waals surface area contributed by atoms with Crippen LogP contribution in [0.3, 0.4) is 0 Å². The maximum atomic E-state index is 2.56. The van der Waals surface area contributed by atoms with E-state index in [1.165, 1.54) is 110 Å². The lowest BCUT2D eigenvalue weighted by molar-refractivity contribution is 0.732. The van der Waals surface area contributed by atoms with Crippen molar-refractivity contribution >= 4 is 62.1 Å². The van der Waals surface area contributed by atoms with Crippen LogP contribution in [0.4, 0.5) is 0 Å². The molecule has 2 aliphatic heterocycles. The van der Waals surface area contributed by atoms with E-state index in [0.717, 1.165) is 0 Å². The summed E-state index contributed by atoms with van der Waals surface area (Å²) < 4.78 is 4.92. The average Bonchev–Trinajstić information content (AvgIpc) is 3.83. The lowest BCUT2D eigenvalue weighted by Crippen LogP contribution is -2.63. The first-order valence-electron chi connectivity index (χ1n) is 21.1. The minimum absolute atomic E-state index is 0.483. The molecule has 2 aliphatic rings. The smallest absolute Gasteiger partial charge is 0.113 e. The van der Waals surface area contributed by atoms with Crippen molar-refractivity contribution in [2.75, 3.05) is 0 Å². The minimum Gasteiger partial charge on any atom is -0.309 e. The van der Waals surface area contributed by atoms with Crippen LogP contribution in [0.15, 0.2) is 206 Å². The number of hydrogen-bond acceptors (Lipinski definition) is 0. The predicted molar refractivity (Wildman–Crippen MR) is 255 cm³/mol. The quantitative estimate of drug-likeness (QED) is 0.158. The highest BCUT2D eigenvalue weighted by atomic mass is 28.3. The fourth-order valence-corrected chi connectivity index (χ4v) is 14.5. The van der Waals surface area contributed by atoms with Crippen molar-refractivity contribution in [2.24, 2.45) is 0 Å². The van der Waals surface area contributed by atoms with E-state index in [4.69, 9.17) is 0 Å². The molecule has 11 aromatic rings. The molecule has 0 aliphatic carbocycles. The van der Waals surface area contributed by atoms with Gasteiger partial charge >= 0.3 is 0 Å². The van der Waals surface area contributed by atoms with E-state index in [1.807, 2.05) is 0 Å². The summed E-state index contributed by atoms with van der Waals surface area (Å²) in [5.41, 5.74) is 17.5. The van der Waals surface area contributed by atoms with Gasteiger partial charge in [-0.3, -0.25) is 0 Å². The topological polar surface area (TPSA) is 9.86 Å². The van der Waals surface area contributed by atoms with Gasteiger partial charge in [0.1, 0.15) is 8.07 Å². The van der Waals surface area contributed by atoms with Crippen molar-refractivity contribution in [2.45, 2.75) is 18.5 Å². The van der Waals surface area contributed by atoms with Crippen molar-refractivity contribution in [1.29, 1.82) is 0 Å². The highest BCUT2D eigenvalue weighted by Crippen LogP contribution is 2.55. The molecule has 1 atom stereocenters. The normalized spacial score (nSPS) is 16.0. The van der Waals surface area contributed by atoms with Gasteiger partial charge in [0.2, 0.25) is 0 Å². The van der Waals surface area contributed by atoms with Crippen molar-refractivity contribution < 1.29 is 0 Å². The SMILES string of the molecule is C[Si]1(C)c2ccccc2C2(c3ccccc3-n3c4ccccc4c4cccc2c43)c2cc(-c3ccc(-c4ccc(-n5c6ccccc6c6ccccc65)cc4)cc3)ccc21. The first-order valence-corrected chi connectivity index (χ1v) is 24.1. The van der Waals surface area contributed by atoms with E-state index in [9.17, 15) is 0 Å². The summed E-state index contributed by atoms with van der Waals surface area (Å²) in [6.07, 6.45) is 0. The van der Waals surface area contributed by atoms with Crippen LogP contribution < -0.4 is 10.4 Å². The summed E-state index contributed by atoms with van der Waals surface area (Å²) in [5, 5.41) is 8.22. The molecule has 0 saturated heterocycles. The number of nitrogens with zero attached hydrogens (tertiary/aromatic N) is 2. The molecule has 13 rings (SSSR count). The van der Waals surface area contributed by atoms with Crippen LogP contribution >= 0.6 is 0 Å². The molecular formula is C57H40N2Si. The number of para-hydroxylation sites is 5. The summed E-state index contributed by atoms with van der Waals surface area (Å²) in [4.78, 5) is 0. The largest absolute Gasteiger partial charge is 0.309 e. The summed E-state index contributed by atoms with van der Waals surface area (Å²) in [6.45, 7) is 5.09. The fourth-order valence-electron chi connectivity index (χ4n) is 11.4. The number of rotatable bonds is 3. The Labute approximate surface area is 350 Å². The number of benzene rings is 9. The molecule has 0 radical (unpaired) electrons. The Bertz CT molecular complexity index is 3510. The van der Waals surface area contributed by atoms with E-state index < -0.39 is 13.5 Å². The zero-order chi connectivity index (χ0) is 39.7. The van der Waals surface area contributed by atoms with E-state index in [1.54, 1.807) is 0 Å². The second-order valence-corrected chi connectivity index (χ2v) is 21.6. The van der Waals surface area contributed by atoms with Crippen molar-refractivity contribution in [3.05, 3.63) is 229 Å². The molecule has 0 N–H and O–H groups in total. The Morgan fingerprint density at radius 1 is 0.350 bits per heavy atom. The maximum Gasteiger partial charge on any atom is 0.113 e. The first-order chi connectivity index (χ1) is 29.5. The van der Waals surface area contributed by atoms with Gasteiger partial charge in [0.05, 0.1) is 33.2 Å². The lowest BCUT2D eigenvalue weighted by Gasteiger charge is -2.49. The van der Waals surface area contributed by atoms with Crippen molar-refractivity contribution in [3.63, 3.8) is 0 Å². The molecule has 1 unspecified atom stereocenters. The van der Waals surface area contributed by atoms with Gasteiger partial charge in [-0.1, -0.05) is 177 Å². The first kappa shape index (κ1) is 33.7. The Morgan fingerprint density at radius 3 is 1.50 bits per heavy atom. The number of aromatic nitrogens is 2. The van der Waals surface area contributed by atoms with Gasteiger partial charge in [-0.25, -0.2) is 0 Å². The standard InChI is InChI=1S/C57H40N2Si/c1-60(2)54-25-12-7-19-47(54)57(46-18-6-11-24-53(46)59-52-23-10-5-16-44(52)45-17-13-20-48(57)56(45)59)49-36-40(32-35-55(49)60)39-28-26-37(27-29-39)38-30-33-41(34-31-38)58-50-21-8-3-14-42(50)43-15-4-9-22-51(43)58/h3-36H,1-2H3. The molecule has 0 amide bonds. The maximum absolute atomic E-state index is 2.56. The van der Waals surface area contributed by atoms with Crippen LogP contribution in [-0.2, 0) is 5.41 Å². The van der Waals surface area contributed by atoms with E-state index >= 15 is 0 Å². The molecule has 3 heteroatoms. The predicted octanol–water partition coefficient (Wildman–Crippen LogP) is 13.0. The van der Waals surface area contributed by atoms with Gasteiger partial charge in [-0.15, -0.1) is 0 Å². The van der Waals surface area contributed by atoms with E-state index in [-0.39, 0.29) is 0 Å². The molecule has 0 bridgehead atoms. The third-order valence-corrected chi connectivity index (χ3v) is 17.6. The van der Waals surface area contributed by atoms with Gasteiger partial charge < -0.3 is 9.13 Å². The molecule has 4 heterocycles. The van der Waals surface area contributed by atoms with Crippen LogP contribution in [0.1, 0.15) is 22.3 Å². The highest BCUT2D eigenvalue weighted by Gasteiger charge is 2.53. The van der Waals surface area contributed by atoms with E-state index in [0.29, 0.717) is 0 Å². The van der Waals surface area contributed by atoms with Gasteiger partial charge in [0.25, 0.3) is 0 Å². The molecule has 60 heavy (non-hydrogen) atoms. The molecule has 2 aromatic heterocycles. The Morgan fingerprint density at radius 2 is 0.817 bits per heavy atom. The molecule has 2 nitrogen and oxygen atoms in total. The molecule has 1 spiro atoms. The number of fused-ring (bicyclic) bond motifs is 14. The van der Waals surface area contributed by atoms with Gasteiger partial charge in [0, 0.05) is 27.2 Å². The minimum atomic E-state index is -2.11. The zero-order valence-corrected chi connectivity index (χ0v) is 34.5. The van der Waals surface area contributed by atoms with Crippen molar-refractivity contribution in [3.8, 4) is 33.6 Å². The van der Waals surface area contributed by atoms with Gasteiger partial charge in [-0.05, 0) is 97.3 Å². The van der Waals surface area contributed by atoms with Crippen LogP contribution in [0, 0.1) is 0 Å². The summed E-state index contributed by atoms with van der Waals surface area (Å²) >= 11 is 0. The van der Waals surface area contributed by atoms with E-state index in [2.05, 4.69) is 228 Å². The third kappa shape index (κ3) is 4.32. The molecule has 0 fully saturated rings. The van der Waals surface area contributed by atoms with Gasteiger partial charge in [-0.2, -0.15) is 0 Å². The molecule has 9 aromatic carbocycles. The van der Waals surface area contributed by atoms with Crippen LogP contribution in [-0.4, -0.2) is 17.2 Å². The van der Waals surface area contributed by atoms with Crippen LogP contribution in [0.25, 0.3) is 77.2 Å². The van der Waals surface area contributed by atoms with Crippen LogP contribution in [0.5, 0.6) is 0 Å². The molecule has 0 saturated carbocycles. The second kappa shape index (κ2) is 12.2. The Balaban J connectivity index is 0.970. The zero-order valence-electron chi connectivity index (χ0n) is 33.5. The Hall–Kier alpha value is -7.20. The lowest BCUT2D eigenvalue weighted by atomic mass is 9.62. The summed E-state index contributed by atoms with van der Waals surface area (Å²) in [7, 11) is -2.11. The molecular weight excluding hydrogens is 741 g/mol. The number of hydrogen-bond donors (Lipinski definition) is 0. The summed E-state index contributed by atoms with van der Waals surface area (Å²) in [6, 6.07) is 77.7. The molecule has 282 valence electrons. The summed E-state index contributed by atoms with van der Waals surface area (Å²) in [5.74, 6) is 0. The monoisotopic (exact) mass is 780 g/mol. The van der Waals surface area contributed by atoms with Crippen LogP contribution in [0.2, 0.25) is 13.1 Å². The Kier molecular flexibility index (Phi) is 6.84. The fraction of sp³-hybridized carbons (Fsp3) is 0.0526. The second-order valence-electron chi connectivity index (χ2n) is 17.2.